The monoisotopic (exact) mass is 344 g/mol. The third kappa shape index (κ3) is 11.3. The van der Waals surface area contributed by atoms with E-state index in [1.165, 1.54) is 51.4 Å². The number of carboxylic acids is 1. The van der Waals surface area contributed by atoms with E-state index in [9.17, 15) is 15.0 Å². The molecule has 1 unspecified atom stereocenters. The van der Waals surface area contributed by atoms with Crippen LogP contribution in [0, 0.1) is 11.8 Å². The van der Waals surface area contributed by atoms with Gasteiger partial charge in [-0.1, -0.05) is 44.8 Å². The summed E-state index contributed by atoms with van der Waals surface area (Å²) in [6.45, 7) is 2.23. The van der Waals surface area contributed by atoms with Crippen LogP contribution in [0.3, 0.4) is 0 Å². The number of aliphatic hydroxyl groups is 1. The number of hydrogen-bond donors (Lipinski definition) is 1. The summed E-state index contributed by atoms with van der Waals surface area (Å²) < 4.78 is 0. The van der Waals surface area contributed by atoms with Crippen LogP contribution in [0.25, 0.3) is 0 Å². The van der Waals surface area contributed by atoms with E-state index in [1.54, 1.807) is 6.08 Å². The van der Waals surface area contributed by atoms with Crippen LogP contribution in [0.4, 0.5) is 0 Å². The molecule has 0 aromatic heterocycles. The second-order valence-electron chi connectivity index (χ2n) is 6.80. The third-order valence-corrected chi connectivity index (χ3v) is 4.76. The van der Waals surface area contributed by atoms with E-state index in [0.29, 0.717) is 30.4 Å². The molecule has 0 aromatic carbocycles. The zero-order valence-electron chi connectivity index (χ0n) is 15.6. The third-order valence-electron chi connectivity index (χ3n) is 4.76. The summed E-state index contributed by atoms with van der Waals surface area (Å²) in [7, 11) is 0. The van der Waals surface area contributed by atoms with Crippen molar-refractivity contribution in [2.24, 2.45) is 11.8 Å². The molecule has 4 heteroatoms. The normalized spacial score (nSPS) is 21.1. The van der Waals surface area contributed by atoms with E-state index < -0.39 is 5.97 Å². The molecule has 0 saturated heterocycles. The molecule has 24 heavy (non-hydrogen) atoms. The summed E-state index contributed by atoms with van der Waals surface area (Å²) in [5, 5.41) is 20.4. The summed E-state index contributed by atoms with van der Waals surface area (Å²) in [6, 6.07) is 0. The molecule has 1 aliphatic carbocycles. The zero-order chi connectivity index (χ0) is 16.9. The fourth-order valence-electron chi connectivity index (χ4n) is 3.40. The van der Waals surface area contributed by atoms with Gasteiger partial charge in [0.05, 0.1) is 5.76 Å². The topological polar surface area (TPSA) is 60.4 Å². The van der Waals surface area contributed by atoms with Gasteiger partial charge < -0.3 is 15.0 Å². The van der Waals surface area contributed by atoms with Crippen molar-refractivity contribution in [1.82, 2.24) is 0 Å². The Morgan fingerprint density at radius 1 is 1.17 bits per heavy atom. The first kappa shape index (κ1) is 23.8. The van der Waals surface area contributed by atoms with Crippen LogP contribution in [0.2, 0.25) is 0 Å². The maximum atomic E-state index is 10.3. The molecule has 132 valence electrons. The molecule has 1 aliphatic rings. The first-order chi connectivity index (χ1) is 11.1. The average Bonchev–Trinajstić information content (AvgIpc) is 2.94. The van der Waals surface area contributed by atoms with Crippen molar-refractivity contribution in [2.75, 3.05) is 0 Å². The Hall–Kier alpha value is -0.250. The first-order valence-electron chi connectivity index (χ1n) is 9.38. The number of carbonyl (C=O) groups excluding carboxylic acids is 1. The molecule has 2 atom stereocenters. The number of unbranched alkanes of at least 4 members (excludes halogenated alkanes) is 5. The molecule has 0 radical (unpaired) electrons. The summed E-state index contributed by atoms with van der Waals surface area (Å²) >= 11 is 0. The van der Waals surface area contributed by atoms with Gasteiger partial charge in [-0.15, -0.1) is 0 Å². The van der Waals surface area contributed by atoms with Gasteiger partial charge in [0, 0.05) is 12.4 Å². The van der Waals surface area contributed by atoms with Crippen LogP contribution in [-0.2, 0) is 4.79 Å². The van der Waals surface area contributed by atoms with Crippen molar-refractivity contribution in [3.63, 3.8) is 0 Å². The second kappa shape index (κ2) is 15.0. The van der Waals surface area contributed by atoms with Crippen molar-refractivity contribution in [2.45, 2.75) is 84.0 Å². The molecule has 3 nitrogen and oxygen atoms in total. The van der Waals surface area contributed by atoms with Crippen molar-refractivity contribution in [3.8, 4) is 0 Å². The predicted molar refractivity (Wildman–Crippen MR) is 92.9 cm³/mol. The minimum absolute atomic E-state index is 0. The average molecular weight is 344 g/mol. The van der Waals surface area contributed by atoms with E-state index in [0.717, 1.165) is 6.42 Å². The summed E-state index contributed by atoms with van der Waals surface area (Å²) in [6.07, 6.45) is 18.5. The van der Waals surface area contributed by atoms with Crippen LogP contribution in [-0.4, -0.2) is 11.1 Å². The molecule has 0 aliphatic heterocycles. The van der Waals surface area contributed by atoms with E-state index in [-0.39, 0.29) is 36.0 Å². The molecule has 0 spiro atoms. The van der Waals surface area contributed by atoms with Crippen LogP contribution in [0.15, 0.2) is 24.0 Å². The molecule has 0 bridgehead atoms. The van der Waals surface area contributed by atoms with Crippen LogP contribution in [0.1, 0.15) is 84.0 Å². The van der Waals surface area contributed by atoms with Gasteiger partial charge in [-0.05, 0) is 62.9 Å². The predicted octanol–water partition coefficient (Wildman–Crippen LogP) is 1.69. The van der Waals surface area contributed by atoms with Gasteiger partial charge in [-0.3, -0.25) is 0 Å². The van der Waals surface area contributed by atoms with Gasteiger partial charge in [0.1, 0.15) is 0 Å². The SMILES string of the molecule is CCCCCC/C=C/C1CCC[C@@H]1C/C(O)=C/CCCC(=O)[O-].[Na+]. The van der Waals surface area contributed by atoms with Crippen LogP contribution >= 0.6 is 0 Å². The van der Waals surface area contributed by atoms with Crippen LogP contribution < -0.4 is 34.7 Å². The van der Waals surface area contributed by atoms with Gasteiger partial charge in [-0.2, -0.15) is 0 Å². The van der Waals surface area contributed by atoms with Gasteiger partial charge in [-0.25, -0.2) is 0 Å². The summed E-state index contributed by atoms with van der Waals surface area (Å²) in [5.41, 5.74) is 0. The van der Waals surface area contributed by atoms with Gasteiger partial charge in [0.15, 0.2) is 0 Å². The van der Waals surface area contributed by atoms with Crippen LogP contribution in [0.5, 0.6) is 0 Å². The number of rotatable bonds is 12. The molecule has 0 heterocycles. The molecular formula is C20H33NaO3. The molecule has 1 rings (SSSR count). The van der Waals surface area contributed by atoms with Crippen molar-refractivity contribution in [1.29, 1.82) is 0 Å². The van der Waals surface area contributed by atoms with E-state index in [1.807, 2.05) is 0 Å². The summed E-state index contributed by atoms with van der Waals surface area (Å²) in [4.78, 5) is 10.3. The molecule has 1 fully saturated rings. The van der Waals surface area contributed by atoms with Crippen molar-refractivity contribution < 1.29 is 44.6 Å². The Morgan fingerprint density at radius 3 is 2.67 bits per heavy atom. The molecule has 0 amide bonds. The van der Waals surface area contributed by atoms with E-state index in [2.05, 4.69) is 19.1 Å². The number of aliphatic hydroxyl groups excluding tert-OH is 1. The largest absolute Gasteiger partial charge is 1.00 e. The van der Waals surface area contributed by atoms with Gasteiger partial charge in [0.25, 0.3) is 0 Å². The number of allylic oxidation sites excluding steroid dienone is 4. The second-order valence-corrected chi connectivity index (χ2v) is 6.80. The standard InChI is InChI=1S/C20H34O3.Na/c1-2-3-4-5-6-7-11-17-12-10-13-18(17)16-19(21)14-8-9-15-20(22)23;/h7,11,14,17-18,21H,2-6,8-10,12-13,15-16H2,1H3,(H,22,23);/q;+1/p-1/b11-7+,19-14-;/t17?,18-;/m1./s1. The van der Waals surface area contributed by atoms with Crippen molar-refractivity contribution >= 4 is 5.97 Å². The van der Waals surface area contributed by atoms with E-state index in [4.69, 9.17) is 0 Å². The molecular weight excluding hydrogens is 311 g/mol. The maximum Gasteiger partial charge on any atom is 1.00 e. The Balaban J connectivity index is 0.00000529. The number of hydrogen-bond acceptors (Lipinski definition) is 3. The number of carbonyl (C=O) groups is 1. The van der Waals surface area contributed by atoms with Crippen molar-refractivity contribution in [3.05, 3.63) is 24.0 Å². The van der Waals surface area contributed by atoms with E-state index >= 15 is 0 Å². The number of aliphatic carboxylic acids is 1. The first-order valence-corrected chi connectivity index (χ1v) is 9.38. The molecule has 0 aromatic rings. The quantitative estimate of drug-likeness (QED) is 0.254. The Morgan fingerprint density at radius 2 is 1.96 bits per heavy atom. The smallest absolute Gasteiger partial charge is 0.550 e. The summed E-state index contributed by atoms with van der Waals surface area (Å²) in [5.74, 6) is 0.550. The fourth-order valence-corrected chi connectivity index (χ4v) is 3.40. The zero-order valence-corrected chi connectivity index (χ0v) is 17.6. The fraction of sp³-hybridized carbons (Fsp3) is 0.750. The minimum Gasteiger partial charge on any atom is -0.550 e. The van der Waals surface area contributed by atoms with Gasteiger partial charge in [0.2, 0.25) is 0 Å². The minimum atomic E-state index is -1.02. The van der Waals surface area contributed by atoms with Gasteiger partial charge >= 0.3 is 29.6 Å². The molecule has 1 saturated carbocycles. The maximum absolute atomic E-state index is 10.3. The Labute approximate surface area is 169 Å². The molecule has 1 N–H and O–H groups in total. The number of carboxylic acid groups (broad SMARTS) is 1. The Bertz CT molecular complexity index is 390. The Kier molecular flexibility index (Phi) is 14.9.